The van der Waals surface area contributed by atoms with Crippen LogP contribution in [0.1, 0.15) is 26.7 Å². The van der Waals surface area contributed by atoms with E-state index < -0.39 is 12.5 Å². The fraction of sp³-hybridized carbons (Fsp3) is 1.00. The van der Waals surface area contributed by atoms with Gasteiger partial charge in [-0.25, -0.2) is 8.78 Å². The van der Waals surface area contributed by atoms with Crippen LogP contribution in [0.4, 0.5) is 17.6 Å². The molecule has 0 saturated carbocycles. The second-order valence-corrected chi connectivity index (χ2v) is 3.07. The molecule has 1 unspecified atom stereocenters. The molecular weight excluding hydrogens is 188 g/mol. The summed E-state index contributed by atoms with van der Waals surface area (Å²) in [5.41, 5.74) is 0. The first-order chi connectivity index (χ1) is 5.90. The van der Waals surface area contributed by atoms with Crippen molar-refractivity contribution in [2.24, 2.45) is 5.92 Å². The van der Waals surface area contributed by atoms with Gasteiger partial charge in [0.15, 0.2) is 0 Å². The van der Waals surface area contributed by atoms with Crippen molar-refractivity contribution < 1.29 is 22.3 Å². The standard InChI is InChI=1S/C8H14F4O/c1-3-4-6(2)5-13-8(11,12)7(9)10/h6-7H,3-5H2,1-2H3. The van der Waals surface area contributed by atoms with E-state index in [1.165, 1.54) is 0 Å². The number of halogens is 4. The molecule has 0 radical (unpaired) electrons. The van der Waals surface area contributed by atoms with Crippen molar-refractivity contribution in [1.29, 1.82) is 0 Å². The Morgan fingerprint density at radius 2 is 1.85 bits per heavy atom. The molecule has 0 saturated heterocycles. The molecule has 0 heterocycles. The molecule has 1 atom stereocenters. The maximum Gasteiger partial charge on any atom is 0.416 e. The topological polar surface area (TPSA) is 9.23 Å². The smallest absolute Gasteiger partial charge is 0.316 e. The van der Waals surface area contributed by atoms with Crippen molar-refractivity contribution in [1.82, 2.24) is 0 Å². The molecule has 0 aromatic heterocycles. The summed E-state index contributed by atoms with van der Waals surface area (Å²) < 4.78 is 51.3. The zero-order valence-electron chi connectivity index (χ0n) is 7.70. The summed E-state index contributed by atoms with van der Waals surface area (Å²) in [6.07, 6.45) is -6.53. The van der Waals surface area contributed by atoms with Crippen LogP contribution in [-0.2, 0) is 4.74 Å². The van der Waals surface area contributed by atoms with Gasteiger partial charge in [0.1, 0.15) is 0 Å². The van der Waals surface area contributed by atoms with Crippen molar-refractivity contribution in [3.63, 3.8) is 0 Å². The summed E-state index contributed by atoms with van der Waals surface area (Å²) in [6, 6.07) is 0. The van der Waals surface area contributed by atoms with Crippen LogP contribution in [-0.4, -0.2) is 19.1 Å². The summed E-state index contributed by atoms with van der Waals surface area (Å²) in [7, 11) is 0. The third-order valence-electron chi connectivity index (χ3n) is 1.60. The van der Waals surface area contributed by atoms with E-state index in [-0.39, 0.29) is 12.5 Å². The van der Waals surface area contributed by atoms with Gasteiger partial charge in [0.25, 0.3) is 0 Å². The second-order valence-electron chi connectivity index (χ2n) is 3.07. The van der Waals surface area contributed by atoms with Crippen LogP contribution in [0, 0.1) is 5.92 Å². The average Bonchev–Trinajstić information content (AvgIpc) is 2.01. The first-order valence-electron chi connectivity index (χ1n) is 4.20. The maximum atomic E-state index is 12.2. The lowest BCUT2D eigenvalue weighted by molar-refractivity contribution is -0.303. The van der Waals surface area contributed by atoms with Crippen LogP contribution in [0.5, 0.6) is 0 Å². The summed E-state index contributed by atoms with van der Waals surface area (Å²) in [6.45, 7) is 3.25. The van der Waals surface area contributed by atoms with Gasteiger partial charge in [-0.1, -0.05) is 20.3 Å². The lowest BCUT2D eigenvalue weighted by Gasteiger charge is -2.18. The molecule has 0 bridgehead atoms. The van der Waals surface area contributed by atoms with Crippen LogP contribution in [0.2, 0.25) is 0 Å². The minimum atomic E-state index is -4.30. The van der Waals surface area contributed by atoms with E-state index in [1.807, 2.05) is 6.92 Å². The largest absolute Gasteiger partial charge is 0.416 e. The fourth-order valence-electron chi connectivity index (χ4n) is 0.892. The van der Waals surface area contributed by atoms with Crippen LogP contribution in [0.3, 0.4) is 0 Å². The molecule has 0 aliphatic carbocycles. The van der Waals surface area contributed by atoms with Gasteiger partial charge < -0.3 is 4.74 Å². The van der Waals surface area contributed by atoms with Gasteiger partial charge in [-0.05, 0) is 12.3 Å². The van der Waals surface area contributed by atoms with E-state index in [0.717, 1.165) is 6.42 Å². The summed E-state index contributed by atoms with van der Waals surface area (Å²) in [5.74, 6) is -0.116. The Balaban J connectivity index is 3.74. The number of hydrogen-bond acceptors (Lipinski definition) is 1. The second kappa shape index (κ2) is 5.42. The molecule has 1 nitrogen and oxygen atoms in total. The fourth-order valence-corrected chi connectivity index (χ4v) is 0.892. The molecule has 0 amide bonds. The van der Waals surface area contributed by atoms with E-state index >= 15 is 0 Å². The number of alkyl halides is 4. The minimum absolute atomic E-state index is 0.116. The average molecular weight is 202 g/mol. The Kier molecular flexibility index (Phi) is 5.29. The number of ether oxygens (including phenoxy) is 1. The van der Waals surface area contributed by atoms with Crippen molar-refractivity contribution >= 4 is 0 Å². The van der Waals surface area contributed by atoms with Gasteiger partial charge in [0, 0.05) is 0 Å². The highest BCUT2D eigenvalue weighted by atomic mass is 19.3. The van der Waals surface area contributed by atoms with E-state index in [1.54, 1.807) is 6.92 Å². The van der Waals surface area contributed by atoms with Crippen molar-refractivity contribution in [2.45, 2.75) is 39.2 Å². The zero-order valence-corrected chi connectivity index (χ0v) is 7.70. The highest BCUT2D eigenvalue weighted by Crippen LogP contribution is 2.25. The molecule has 5 heteroatoms. The zero-order chi connectivity index (χ0) is 10.5. The first kappa shape index (κ1) is 12.7. The van der Waals surface area contributed by atoms with Crippen molar-refractivity contribution in [2.75, 3.05) is 6.61 Å². The summed E-state index contributed by atoms with van der Waals surface area (Å²) >= 11 is 0. The number of hydrogen-bond donors (Lipinski definition) is 0. The molecular formula is C8H14F4O. The van der Waals surface area contributed by atoms with Gasteiger partial charge in [-0.3, -0.25) is 0 Å². The molecule has 0 spiro atoms. The number of rotatable bonds is 6. The van der Waals surface area contributed by atoms with E-state index in [0.29, 0.717) is 6.42 Å². The molecule has 0 N–H and O–H groups in total. The van der Waals surface area contributed by atoms with Gasteiger partial charge in [0.05, 0.1) is 6.61 Å². The Labute approximate surface area is 75.1 Å². The third-order valence-corrected chi connectivity index (χ3v) is 1.60. The van der Waals surface area contributed by atoms with Crippen molar-refractivity contribution in [3.8, 4) is 0 Å². The van der Waals surface area contributed by atoms with Crippen molar-refractivity contribution in [3.05, 3.63) is 0 Å². The quantitative estimate of drug-likeness (QED) is 0.600. The normalized spacial score (nSPS) is 15.0. The van der Waals surface area contributed by atoms with Crippen LogP contribution >= 0.6 is 0 Å². The highest BCUT2D eigenvalue weighted by Gasteiger charge is 2.42. The first-order valence-corrected chi connectivity index (χ1v) is 4.20. The van der Waals surface area contributed by atoms with Gasteiger partial charge >= 0.3 is 12.5 Å². The molecule has 0 rings (SSSR count). The molecule has 13 heavy (non-hydrogen) atoms. The Hall–Kier alpha value is -0.320. The van der Waals surface area contributed by atoms with E-state index in [9.17, 15) is 17.6 Å². The predicted molar refractivity (Wildman–Crippen MR) is 41.0 cm³/mol. The van der Waals surface area contributed by atoms with E-state index in [4.69, 9.17) is 0 Å². The van der Waals surface area contributed by atoms with Crippen LogP contribution in [0.25, 0.3) is 0 Å². The molecule has 0 aliphatic heterocycles. The molecule has 0 aliphatic rings. The van der Waals surface area contributed by atoms with Gasteiger partial charge in [-0.2, -0.15) is 8.78 Å². The Bertz CT molecular complexity index is 138. The molecule has 0 aromatic carbocycles. The third kappa shape index (κ3) is 5.08. The molecule has 0 aromatic rings. The van der Waals surface area contributed by atoms with Crippen LogP contribution < -0.4 is 0 Å². The van der Waals surface area contributed by atoms with Gasteiger partial charge in [0.2, 0.25) is 0 Å². The predicted octanol–water partition coefficient (Wildman–Crippen LogP) is 3.30. The lowest BCUT2D eigenvalue weighted by atomic mass is 10.1. The van der Waals surface area contributed by atoms with Crippen LogP contribution in [0.15, 0.2) is 0 Å². The SMILES string of the molecule is CCCC(C)COC(F)(F)C(F)F. The summed E-state index contributed by atoms with van der Waals surface area (Å²) in [4.78, 5) is 0. The minimum Gasteiger partial charge on any atom is -0.316 e. The Morgan fingerprint density at radius 1 is 1.31 bits per heavy atom. The monoisotopic (exact) mass is 202 g/mol. The van der Waals surface area contributed by atoms with E-state index in [2.05, 4.69) is 4.74 Å². The summed E-state index contributed by atoms with van der Waals surface area (Å²) in [5, 5.41) is 0. The highest BCUT2D eigenvalue weighted by molar-refractivity contribution is 4.57. The maximum absolute atomic E-state index is 12.2. The Morgan fingerprint density at radius 3 is 2.23 bits per heavy atom. The molecule has 80 valence electrons. The lowest BCUT2D eigenvalue weighted by Crippen LogP contribution is -2.31. The van der Waals surface area contributed by atoms with Gasteiger partial charge in [-0.15, -0.1) is 0 Å². The molecule has 0 fully saturated rings.